The third-order valence-electron chi connectivity index (χ3n) is 6.55. The molecule has 1 aliphatic rings. The SMILES string of the molecule is CN(C)P1(=O)[C@H](c2ccc(C(C)(C)C)cc2)CC[C@H]1c1ccc(C(C)(C)C)cc1. The molecular formula is C26H38NOP. The third-order valence-corrected chi connectivity index (χ3v) is 10.7. The van der Waals surface area contributed by atoms with E-state index in [4.69, 9.17) is 0 Å². The lowest BCUT2D eigenvalue weighted by Crippen LogP contribution is -2.16. The maximum Gasteiger partial charge on any atom is 0.164 e. The van der Waals surface area contributed by atoms with Crippen LogP contribution in [0.2, 0.25) is 0 Å². The molecule has 1 aliphatic heterocycles. The highest BCUT2D eigenvalue weighted by Gasteiger charge is 2.49. The molecule has 0 radical (unpaired) electrons. The second kappa shape index (κ2) is 7.71. The second-order valence-corrected chi connectivity index (χ2v) is 14.3. The minimum absolute atomic E-state index is 0.110. The maximum atomic E-state index is 14.5. The van der Waals surface area contributed by atoms with Gasteiger partial charge in [0.1, 0.15) is 0 Å². The molecular weight excluding hydrogens is 373 g/mol. The molecule has 0 saturated carbocycles. The van der Waals surface area contributed by atoms with Gasteiger partial charge in [-0.05, 0) is 60.0 Å². The molecule has 0 N–H and O–H groups in total. The van der Waals surface area contributed by atoms with E-state index >= 15 is 0 Å². The van der Waals surface area contributed by atoms with Crippen molar-refractivity contribution in [3.63, 3.8) is 0 Å². The summed E-state index contributed by atoms with van der Waals surface area (Å²) in [6.07, 6.45) is 1.96. The van der Waals surface area contributed by atoms with Crippen LogP contribution >= 0.6 is 7.29 Å². The first-order valence-corrected chi connectivity index (χ1v) is 12.6. The van der Waals surface area contributed by atoms with E-state index in [0.717, 1.165) is 12.8 Å². The summed E-state index contributed by atoms with van der Waals surface area (Å²) in [5.74, 6) is 0. The summed E-state index contributed by atoms with van der Waals surface area (Å²) < 4.78 is 16.5. The topological polar surface area (TPSA) is 20.3 Å². The van der Waals surface area contributed by atoms with E-state index in [1.54, 1.807) is 0 Å². The van der Waals surface area contributed by atoms with Gasteiger partial charge in [-0.1, -0.05) is 90.1 Å². The van der Waals surface area contributed by atoms with Gasteiger partial charge in [-0.25, -0.2) is 0 Å². The number of rotatable bonds is 3. The Morgan fingerprint density at radius 2 is 1.00 bits per heavy atom. The molecule has 3 heteroatoms. The van der Waals surface area contributed by atoms with Crippen molar-refractivity contribution in [3.8, 4) is 0 Å². The van der Waals surface area contributed by atoms with Crippen LogP contribution in [0.15, 0.2) is 48.5 Å². The molecule has 2 nitrogen and oxygen atoms in total. The summed E-state index contributed by atoms with van der Waals surface area (Å²) in [5.41, 5.74) is 5.60. The van der Waals surface area contributed by atoms with Crippen molar-refractivity contribution in [1.82, 2.24) is 4.67 Å². The summed E-state index contributed by atoms with van der Waals surface area (Å²) in [6, 6.07) is 17.8. The Hall–Kier alpha value is -1.37. The predicted molar refractivity (Wildman–Crippen MR) is 126 cm³/mol. The Morgan fingerprint density at radius 1 is 0.690 bits per heavy atom. The highest BCUT2D eigenvalue weighted by Crippen LogP contribution is 2.77. The Kier molecular flexibility index (Phi) is 5.93. The molecule has 1 heterocycles. The zero-order valence-corrected chi connectivity index (χ0v) is 20.4. The summed E-state index contributed by atoms with van der Waals surface area (Å²) in [6.45, 7) is 13.4. The van der Waals surface area contributed by atoms with E-state index in [1.807, 2.05) is 18.8 Å². The average Bonchev–Trinajstić information content (AvgIpc) is 2.99. The molecule has 0 aliphatic carbocycles. The van der Waals surface area contributed by atoms with Gasteiger partial charge >= 0.3 is 0 Å². The monoisotopic (exact) mass is 411 g/mol. The number of nitrogens with zero attached hydrogens (tertiary/aromatic N) is 1. The van der Waals surface area contributed by atoms with Crippen LogP contribution in [0.5, 0.6) is 0 Å². The van der Waals surface area contributed by atoms with Crippen LogP contribution in [0.3, 0.4) is 0 Å². The molecule has 3 rings (SSSR count). The standard InChI is InChI=1S/C26H38NOP/c1-25(2,3)21-13-9-19(10-14-21)23-17-18-24(29(23,28)27(7)8)20-11-15-22(16-12-20)26(4,5)6/h9-16,23-24H,17-18H2,1-8H3/t23-,24-/m0/s1. The molecule has 0 spiro atoms. The zero-order chi connectivity index (χ0) is 21.6. The molecule has 2 aromatic rings. The van der Waals surface area contributed by atoms with E-state index in [-0.39, 0.29) is 22.1 Å². The van der Waals surface area contributed by atoms with Gasteiger partial charge in [0.15, 0.2) is 7.29 Å². The summed E-state index contributed by atoms with van der Waals surface area (Å²) in [5, 5.41) is 0. The Balaban J connectivity index is 1.95. The van der Waals surface area contributed by atoms with E-state index in [2.05, 4.69) is 90.1 Å². The lowest BCUT2D eigenvalue weighted by Gasteiger charge is -2.33. The minimum Gasteiger partial charge on any atom is -0.305 e. The smallest absolute Gasteiger partial charge is 0.164 e. The molecule has 0 amide bonds. The van der Waals surface area contributed by atoms with Gasteiger partial charge in [-0.2, -0.15) is 0 Å². The van der Waals surface area contributed by atoms with Crippen molar-refractivity contribution in [3.05, 3.63) is 70.8 Å². The fraction of sp³-hybridized carbons (Fsp3) is 0.538. The van der Waals surface area contributed by atoms with E-state index in [0.29, 0.717) is 0 Å². The highest BCUT2D eigenvalue weighted by molar-refractivity contribution is 7.62. The molecule has 158 valence electrons. The summed E-state index contributed by atoms with van der Waals surface area (Å²) >= 11 is 0. The van der Waals surface area contributed by atoms with Crippen LogP contribution in [0, 0.1) is 0 Å². The van der Waals surface area contributed by atoms with Crippen LogP contribution in [-0.4, -0.2) is 18.8 Å². The molecule has 0 unspecified atom stereocenters. The van der Waals surface area contributed by atoms with Gasteiger partial charge in [0.2, 0.25) is 0 Å². The quantitative estimate of drug-likeness (QED) is 0.482. The van der Waals surface area contributed by atoms with Crippen molar-refractivity contribution in [2.75, 3.05) is 14.1 Å². The van der Waals surface area contributed by atoms with E-state index < -0.39 is 7.29 Å². The number of benzene rings is 2. The lowest BCUT2D eigenvalue weighted by atomic mass is 9.86. The molecule has 1 fully saturated rings. The van der Waals surface area contributed by atoms with Crippen LogP contribution < -0.4 is 0 Å². The van der Waals surface area contributed by atoms with Gasteiger partial charge < -0.3 is 4.57 Å². The van der Waals surface area contributed by atoms with Crippen molar-refractivity contribution in [2.24, 2.45) is 0 Å². The van der Waals surface area contributed by atoms with Crippen molar-refractivity contribution < 1.29 is 4.57 Å². The highest BCUT2D eigenvalue weighted by atomic mass is 31.2. The number of hydrogen-bond donors (Lipinski definition) is 0. The fourth-order valence-corrected chi connectivity index (χ4v) is 8.42. The summed E-state index contributed by atoms with van der Waals surface area (Å²) in [7, 11) is 1.41. The first-order chi connectivity index (χ1) is 13.3. The van der Waals surface area contributed by atoms with Gasteiger partial charge in [0.05, 0.1) is 11.3 Å². The molecule has 2 aromatic carbocycles. The molecule has 0 bridgehead atoms. The van der Waals surface area contributed by atoms with E-state index in [9.17, 15) is 4.57 Å². The molecule has 1 saturated heterocycles. The molecule has 2 atom stereocenters. The van der Waals surface area contributed by atoms with Crippen LogP contribution in [0.25, 0.3) is 0 Å². The Bertz CT molecular complexity index is 813. The van der Waals surface area contributed by atoms with Crippen molar-refractivity contribution >= 4 is 7.29 Å². The first-order valence-electron chi connectivity index (χ1n) is 10.8. The van der Waals surface area contributed by atoms with Gasteiger partial charge in [-0.3, -0.25) is 4.67 Å². The minimum atomic E-state index is -2.58. The Morgan fingerprint density at radius 3 is 1.24 bits per heavy atom. The van der Waals surface area contributed by atoms with Crippen molar-refractivity contribution in [1.29, 1.82) is 0 Å². The van der Waals surface area contributed by atoms with Gasteiger partial charge in [0.25, 0.3) is 0 Å². The largest absolute Gasteiger partial charge is 0.305 e. The number of hydrogen-bond acceptors (Lipinski definition) is 1. The fourth-order valence-electron chi connectivity index (χ4n) is 4.63. The normalized spacial score (nSPS) is 22.2. The molecule has 0 aromatic heterocycles. The van der Waals surface area contributed by atoms with Gasteiger partial charge in [-0.15, -0.1) is 0 Å². The van der Waals surface area contributed by atoms with Gasteiger partial charge in [0, 0.05) is 0 Å². The summed E-state index contributed by atoms with van der Waals surface area (Å²) in [4.78, 5) is 0. The third kappa shape index (κ3) is 4.25. The Labute approximate surface area is 178 Å². The maximum absolute atomic E-state index is 14.5. The average molecular weight is 412 g/mol. The van der Waals surface area contributed by atoms with Crippen molar-refractivity contribution in [2.45, 2.75) is 76.5 Å². The molecule has 29 heavy (non-hydrogen) atoms. The van der Waals surface area contributed by atoms with Crippen LogP contribution in [0.1, 0.15) is 88.0 Å². The van der Waals surface area contributed by atoms with E-state index in [1.165, 1.54) is 22.3 Å². The van der Waals surface area contributed by atoms with Crippen LogP contribution in [-0.2, 0) is 15.4 Å². The second-order valence-electron chi connectivity index (χ2n) is 10.9. The lowest BCUT2D eigenvalue weighted by molar-refractivity contribution is 0.502. The van der Waals surface area contributed by atoms with Crippen LogP contribution in [0.4, 0.5) is 0 Å². The predicted octanol–water partition coefficient (Wildman–Crippen LogP) is 7.70. The zero-order valence-electron chi connectivity index (χ0n) is 19.5. The first kappa shape index (κ1) is 22.3.